The first-order valence-corrected chi connectivity index (χ1v) is 7.11. The number of nitrogens with two attached hydrogens (primary N) is 1. The zero-order chi connectivity index (χ0) is 14.3. The Balaban J connectivity index is 2.41. The van der Waals surface area contributed by atoms with Crippen molar-refractivity contribution in [1.82, 2.24) is 5.32 Å². The molecule has 0 aromatic heterocycles. The molecule has 0 aliphatic heterocycles. The van der Waals surface area contributed by atoms with E-state index in [1.807, 2.05) is 24.3 Å². The third-order valence-electron chi connectivity index (χ3n) is 3.05. The molecule has 4 heteroatoms. The van der Waals surface area contributed by atoms with Gasteiger partial charge < -0.3 is 11.1 Å². The van der Waals surface area contributed by atoms with E-state index in [9.17, 15) is 4.79 Å². The van der Waals surface area contributed by atoms with Crippen LogP contribution in [0.4, 0.5) is 0 Å². The normalized spacial score (nSPS) is 12.5. The van der Waals surface area contributed by atoms with E-state index < -0.39 is 0 Å². The molecule has 0 aliphatic carbocycles. The van der Waals surface area contributed by atoms with E-state index in [0.29, 0.717) is 30.5 Å². The number of halogens is 1. The Labute approximate surface area is 120 Å². The number of carbonyl (C=O) groups excluding carboxylic acids is 1. The van der Waals surface area contributed by atoms with Gasteiger partial charge in [-0.2, -0.15) is 0 Å². The molecular weight excluding hydrogens is 260 g/mol. The van der Waals surface area contributed by atoms with Crippen molar-refractivity contribution in [3.05, 3.63) is 34.9 Å². The molecule has 1 unspecified atom stereocenters. The molecule has 1 amide bonds. The average Bonchev–Trinajstić information content (AvgIpc) is 2.36. The monoisotopic (exact) mass is 282 g/mol. The summed E-state index contributed by atoms with van der Waals surface area (Å²) in [6.07, 6.45) is 1.47. The van der Waals surface area contributed by atoms with Crippen molar-refractivity contribution in [1.29, 1.82) is 0 Å². The summed E-state index contributed by atoms with van der Waals surface area (Å²) in [5, 5.41) is 3.58. The van der Waals surface area contributed by atoms with Gasteiger partial charge in [0.2, 0.25) is 5.91 Å². The number of nitrogens with one attached hydrogen (secondary N) is 1. The van der Waals surface area contributed by atoms with Crippen LogP contribution in [-0.2, 0) is 11.3 Å². The summed E-state index contributed by atoms with van der Waals surface area (Å²) in [7, 11) is 0. The fourth-order valence-corrected chi connectivity index (χ4v) is 2.30. The van der Waals surface area contributed by atoms with E-state index >= 15 is 0 Å². The lowest BCUT2D eigenvalue weighted by atomic mass is 9.94. The highest BCUT2D eigenvalue weighted by molar-refractivity contribution is 6.31. The molecule has 0 aliphatic rings. The molecule has 106 valence electrons. The Bertz CT molecular complexity index is 407. The number of hydrogen-bond donors (Lipinski definition) is 2. The third-order valence-corrected chi connectivity index (χ3v) is 3.41. The van der Waals surface area contributed by atoms with Crippen molar-refractivity contribution < 1.29 is 4.79 Å². The first kappa shape index (κ1) is 16.0. The topological polar surface area (TPSA) is 55.1 Å². The average molecular weight is 283 g/mol. The van der Waals surface area contributed by atoms with Gasteiger partial charge in [-0.15, -0.1) is 0 Å². The SMILES string of the molecule is CC(C)CC(CN)CC(=O)NCc1ccccc1Cl. The van der Waals surface area contributed by atoms with Crippen molar-refractivity contribution in [3.63, 3.8) is 0 Å². The zero-order valence-corrected chi connectivity index (χ0v) is 12.4. The molecule has 1 aromatic rings. The fourth-order valence-electron chi connectivity index (χ4n) is 2.10. The first-order chi connectivity index (χ1) is 9.02. The summed E-state index contributed by atoms with van der Waals surface area (Å²) >= 11 is 6.04. The molecule has 1 rings (SSSR count). The highest BCUT2D eigenvalue weighted by atomic mass is 35.5. The molecule has 0 radical (unpaired) electrons. The predicted molar refractivity (Wildman–Crippen MR) is 79.9 cm³/mol. The summed E-state index contributed by atoms with van der Waals surface area (Å²) in [6, 6.07) is 7.53. The van der Waals surface area contributed by atoms with Crippen LogP contribution in [0, 0.1) is 11.8 Å². The van der Waals surface area contributed by atoms with Gasteiger partial charge in [-0.1, -0.05) is 43.6 Å². The Morgan fingerprint density at radius 3 is 2.63 bits per heavy atom. The number of benzene rings is 1. The molecule has 1 aromatic carbocycles. The second-order valence-corrected chi connectivity index (χ2v) is 5.71. The van der Waals surface area contributed by atoms with E-state index in [2.05, 4.69) is 19.2 Å². The largest absolute Gasteiger partial charge is 0.352 e. The van der Waals surface area contributed by atoms with E-state index in [1.165, 1.54) is 0 Å². The van der Waals surface area contributed by atoms with Crippen LogP contribution in [0.2, 0.25) is 5.02 Å². The van der Waals surface area contributed by atoms with Gasteiger partial charge in [0.1, 0.15) is 0 Å². The minimum absolute atomic E-state index is 0.0380. The number of carbonyl (C=O) groups is 1. The van der Waals surface area contributed by atoms with Gasteiger partial charge in [0.25, 0.3) is 0 Å². The van der Waals surface area contributed by atoms with Crippen molar-refractivity contribution in [2.45, 2.75) is 33.2 Å². The summed E-state index contributed by atoms with van der Waals surface area (Å²) in [4.78, 5) is 11.9. The van der Waals surface area contributed by atoms with Crippen LogP contribution >= 0.6 is 11.6 Å². The Hall–Kier alpha value is -1.06. The van der Waals surface area contributed by atoms with Crippen molar-refractivity contribution in [2.75, 3.05) is 6.54 Å². The van der Waals surface area contributed by atoms with Crippen LogP contribution in [0.1, 0.15) is 32.3 Å². The molecule has 0 saturated carbocycles. The molecule has 0 saturated heterocycles. The lowest BCUT2D eigenvalue weighted by Gasteiger charge is -2.16. The van der Waals surface area contributed by atoms with Crippen LogP contribution < -0.4 is 11.1 Å². The summed E-state index contributed by atoms with van der Waals surface area (Å²) in [5.41, 5.74) is 6.64. The predicted octanol–water partition coefficient (Wildman–Crippen LogP) is 2.97. The molecule has 3 nitrogen and oxygen atoms in total. The van der Waals surface area contributed by atoms with Crippen LogP contribution in [0.25, 0.3) is 0 Å². The van der Waals surface area contributed by atoms with Gasteiger partial charge in [0, 0.05) is 18.0 Å². The number of hydrogen-bond acceptors (Lipinski definition) is 2. The second-order valence-electron chi connectivity index (χ2n) is 5.30. The maximum absolute atomic E-state index is 11.9. The highest BCUT2D eigenvalue weighted by Gasteiger charge is 2.14. The molecule has 0 spiro atoms. The Kier molecular flexibility index (Phi) is 6.89. The maximum Gasteiger partial charge on any atom is 0.220 e. The summed E-state index contributed by atoms with van der Waals surface area (Å²) in [5.74, 6) is 0.854. The lowest BCUT2D eigenvalue weighted by molar-refractivity contribution is -0.122. The van der Waals surface area contributed by atoms with Gasteiger partial charge >= 0.3 is 0 Å². The molecule has 0 fully saturated rings. The second kappa shape index (κ2) is 8.18. The molecule has 0 bridgehead atoms. The highest BCUT2D eigenvalue weighted by Crippen LogP contribution is 2.16. The van der Waals surface area contributed by atoms with Gasteiger partial charge in [-0.05, 0) is 36.4 Å². The minimum atomic E-state index is 0.0380. The van der Waals surface area contributed by atoms with Crippen LogP contribution in [-0.4, -0.2) is 12.5 Å². The van der Waals surface area contributed by atoms with Crippen molar-refractivity contribution in [2.24, 2.45) is 17.6 Å². The van der Waals surface area contributed by atoms with Gasteiger partial charge in [-0.3, -0.25) is 4.79 Å². The number of rotatable bonds is 7. The molecule has 3 N–H and O–H groups in total. The van der Waals surface area contributed by atoms with Gasteiger partial charge in [-0.25, -0.2) is 0 Å². The molecule has 0 heterocycles. The molecule has 1 atom stereocenters. The van der Waals surface area contributed by atoms with Crippen molar-refractivity contribution >= 4 is 17.5 Å². The third kappa shape index (κ3) is 6.08. The standard InChI is InChI=1S/C15H23ClN2O/c1-11(2)7-12(9-17)8-15(19)18-10-13-5-3-4-6-14(13)16/h3-6,11-12H,7-10,17H2,1-2H3,(H,18,19). The van der Waals surface area contributed by atoms with Crippen molar-refractivity contribution in [3.8, 4) is 0 Å². The summed E-state index contributed by atoms with van der Waals surface area (Å²) in [6.45, 7) is 5.31. The lowest BCUT2D eigenvalue weighted by Crippen LogP contribution is -2.28. The first-order valence-electron chi connectivity index (χ1n) is 6.73. The Morgan fingerprint density at radius 1 is 1.37 bits per heavy atom. The minimum Gasteiger partial charge on any atom is -0.352 e. The van der Waals surface area contributed by atoms with Crippen LogP contribution in [0.5, 0.6) is 0 Å². The Morgan fingerprint density at radius 2 is 2.05 bits per heavy atom. The maximum atomic E-state index is 11.9. The fraction of sp³-hybridized carbons (Fsp3) is 0.533. The quantitative estimate of drug-likeness (QED) is 0.808. The number of amides is 1. The van der Waals surface area contributed by atoms with Gasteiger partial charge in [0.05, 0.1) is 0 Å². The molecule has 19 heavy (non-hydrogen) atoms. The van der Waals surface area contributed by atoms with E-state index in [4.69, 9.17) is 17.3 Å². The van der Waals surface area contributed by atoms with Crippen LogP contribution in [0.3, 0.4) is 0 Å². The summed E-state index contributed by atoms with van der Waals surface area (Å²) < 4.78 is 0. The zero-order valence-electron chi connectivity index (χ0n) is 11.7. The van der Waals surface area contributed by atoms with E-state index in [1.54, 1.807) is 0 Å². The molecular formula is C15H23ClN2O. The van der Waals surface area contributed by atoms with Gasteiger partial charge in [0.15, 0.2) is 0 Å². The van der Waals surface area contributed by atoms with E-state index in [0.717, 1.165) is 12.0 Å². The van der Waals surface area contributed by atoms with E-state index in [-0.39, 0.29) is 11.8 Å². The smallest absolute Gasteiger partial charge is 0.220 e. The van der Waals surface area contributed by atoms with Crippen LogP contribution in [0.15, 0.2) is 24.3 Å².